The second-order valence-corrected chi connectivity index (χ2v) is 11.0. The topological polar surface area (TPSA) is 83.8 Å². The first-order valence-corrected chi connectivity index (χ1v) is 14.3. The lowest BCUT2D eigenvalue weighted by Gasteiger charge is -2.25. The number of amides is 2. The number of nitrogens with zero attached hydrogens (tertiary/aromatic N) is 3. The molecular weight excluding hydrogens is 539 g/mol. The van der Waals surface area contributed by atoms with E-state index in [1.807, 2.05) is 42.5 Å². The number of carbonyl (C=O) groups excluding carboxylic acids is 2. The highest BCUT2D eigenvalue weighted by Gasteiger charge is 2.36. The predicted octanol–water partition coefficient (Wildman–Crippen LogP) is 4.53. The first-order valence-electron chi connectivity index (χ1n) is 13.5. The monoisotopic (exact) mass is 566 g/mol. The summed E-state index contributed by atoms with van der Waals surface area (Å²) in [6, 6.07) is 21.4. The van der Waals surface area contributed by atoms with Crippen LogP contribution in [0.25, 0.3) is 5.57 Å². The lowest BCUT2D eigenvalue weighted by atomic mass is 9.95. The molecule has 0 saturated heterocycles. The minimum Gasteiger partial charge on any atom is -0.322 e. The Balaban J connectivity index is 1.56. The van der Waals surface area contributed by atoms with E-state index in [0.717, 1.165) is 29.9 Å². The summed E-state index contributed by atoms with van der Waals surface area (Å²) >= 11 is 1.13. The van der Waals surface area contributed by atoms with Crippen molar-refractivity contribution >= 4 is 40.1 Å². The fourth-order valence-electron chi connectivity index (χ4n) is 5.38. The highest BCUT2D eigenvalue weighted by molar-refractivity contribution is 7.07. The van der Waals surface area contributed by atoms with Crippen molar-refractivity contribution in [1.29, 1.82) is 0 Å². The minimum absolute atomic E-state index is 0.221. The Kier molecular flexibility index (Phi) is 6.96. The van der Waals surface area contributed by atoms with Crippen molar-refractivity contribution in [2.45, 2.75) is 32.7 Å². The van der Waals surface area contributed by atoms with Crippen LogP contribution in [0.1, 0.15) is 43.9 Å². The molecule has 3 aromatic carbocycles. The molecule has 0 aliphatic carbocycles. The zero-order valence-electron chi connectivity index (χ0n) is 22.6. The number of hydrogen-bond acceptors (Lipinski definition) is 5. The third kappa shape index (κ3) is 4.62. The van der Waals surface area contributed by atoms with Crippen LogP contribution in [-0.2, 0) is 9.59 Å². The molecule has 0 unspecified atom stereocenters. The van der Waals surface area contributed by atoms with Gasteiger partial charge >= 0.3 is 0 Å². The highest BCUT2D eigenvalue weighted by Crippen LogP contribution is 2.36. The molecule has 3 heterocycles. The van der Waals surface area contributed by atoms with Gasteiger partial charge in [-0.05, 0) is 49.2 Å². The van der Waals surface area contributed by atoms with Crippen molar-refractivity contribution in [3.63, 3.8) is 0 Å². The fraction of sp³-hybridized carbons (Fsp3) is 0.188. The van der Waals surface area contributed by atoms with Crippen molar-refractivity contribution < 1.29 is 14.0 Å². The van der Waals surface area contributed by atoms with Crippen LogP contribution in [0.3, 0.4) is 0 Å². The molecule has 9 heteroatoms. The van der Waals surface area contributed by atoms with E-state index in [1.54, 1.807) is 36.1 Å². The maximum absolute atomic E-state index is 14.3. The van der Waals surface area contributed by atoms with E-state index in [9.17, 15) is 18.8 Å². The second kappa shape index (κ2) is 10.7. The minimum atomic E-state index is -0.868. The number of nitrogens with one attached hydrogen (secondary N) is 1. The maximum atomic E-state index is 14.3. The Morgan fingerprint density at radius 2 is 1.71 bits per heavy atom. The van der Waals surface area contributed by atoms with Crippen molar-refractivity contribution in [2.75, 3.05) is 16.8 Å². The van der Waals surface area contributed by atoms with Crippen molar-refractivity contribution in [3.8, 4) is 0 Å². The summed E-state index contributed by atoms with van der Waals surface area (Å²) in [6.07, 6.45) is 1.76. The van der Waals surface area contributed by atoms with Gasteiger partial charge in [-0.3, -0.25) is 19.0 Å². The molecule has 1 atom stereocenters. The van der Waals surface area contributed by atoms with Gasteiger partial charge in [0.25, 0.3) is 17.4 Å². The third-order valence-electron chi connectivity index (χ3n) is 7.34. The summed E-state index contributed by atoms with van der Waals surface area (Å²) in [4.78, 5) is 48.5. The standard InChI is InChI=1S/C32H27FN4O3S/c1-3-4-18-36-24-13-9-8-12-23(24)26(30(36)39)28-31(40)37-27(20-14-16-21(33)17-15-20)25(19(2)34-32(37)41-28)29(38)35-22-10-6-5-7-11-22/h5-17,27H,3-4,18H2,1-2H3,(H,35,38)/b28-26+/t27-/m1/s1. The van der Waals surface area contributed by atoms with Crippen LogP contribution in [0.2, 0.25) is 0 Å². The number of allylic oxidation sites excluding steroid dienone is 1. The number of rotatable bonds is 6. The quantitative estimate of drug-likeness (QED) is 0.372. The van der Waals surface area contributed by atoms with Gasteiger partial charge in [0.1, 0.15) is 10.3 Å². The Morgan fingerprint density at radius 3 is 2.44 bits per heavy atom. The van der Waals surface area contributed by atoms with Gasteiger partial charge in [0.15, 0.2) is 4.80 Å². The van der Waals surface area contributed by atoms with Crippen LogP contribution in [-0.4, -0.2) is 22.9 Å². The number of hydrogen-bond donors (Lipinski definition) is 1. The number of benzene rings is 3. The van der Waals surface area contributed by atoms with Crippen LogP contribution < -0.4 is 25.1 Å². The molecule has 1 N–H and O–H groups in total. The molecule has 7 nitrogen and oxygen atoms in total. The summed E-state index contributed by atoms with van der Waals surface area (Å²) in [5.74, 6) is -1.07. The molecule has 2 aliphatic rings. The number of halogens is 1. The highest BCUT2D eigenvalue weighted by atomic mass is 32.1. The molecule has 0 spiro atoms. The lowest BCUT2D eigenvalue weighted by Crippen LogP contribution is -2.41. The normalized spacial score (nSPS) is 17.3. The van der Waals surface area contributed by atoms with Crippen molar-refractivity contribution in [2.24, 2.45) is 4.99 Å². The molecule has 0 saturated carbocycles. The first-order chi connectivity index (χ1) is 19.9. The van der Waals surface area contributed by atoms with Gasteiger partial charge in [0, 0.05) is 17.8 Å². The van der Waals surface area contributed by atoms with Gasteiger partial charge in [0.2, 0.25) is 0 Å². The van der Waals surface area contributed by atoms with Crippen LogP contribution in [0.4, 0.5) is 15.8 Å². The molecule has 1 aromatic heterocycles. The number of aromatic nitrogens is 1. The van der Waals surface area contributed by atoms with E-state index in [-0.39, 0.29) is 16.0 Å². The predicted molar refractivity (Wildman–Crippen MR) is 158 cm³/mol. The number of anilines is 2. The van der Waals surface area contributed by atoms with Crippen molar-refractivity contribution in [1.82, 2.24) is 4.57 Å². The van der Waals surface area contributed by atoms with Gasteiger partial charge < -0.3 is 10.2 Å². The van der Waals surface area contributed by atoms with E-state index in [2.05, 4.69) is 17.2 Å². The van der Waals surface area contributed by atoms with Crippen LogP contribution in [0.5, 0.6) is 0 Å². The molecular formula is C32H27FN4O3S. The Labute approximate surface area is 239 Å². The van der Waals surface area contributed by atoms with E-state index in [0.29, 0.717) is 39.4 Å². The molecule has 0 bridgehead atoms. The van der Waals surface area contributed by atoms with Crippen molar-refractivity contribution in [3.05, 3.63) is 127 Å². The summed E-state index contributed by atoms with van der Waals surface area (Å²) in [5, 5.41) is 2.90. The van der Waals surface area contributed by atoms with E-state index >= 15 is 0 Å². The van der Waals surface area contributed by atoms with Crippen LogP contribution in [0, 0.1) is 5.82 Å². The Bertz CT molecular complexity index is 1890. The van der Waals surface area contributed by atoms with E-state index in [1.165, 1.54) is 16.7 Å². The number of thiazole rings is 1. The molecule has 0 fully saturated rings. The smallest absolute Gasteiger partial charge is 0.271 e. The second-order valence-electron chi connectivity index (χ2n) is 9.98. The number of fused-ring (bicyclic) bond motifs is 2. The molecule has 4 aromatic rings. The van der Waals surface area contributed by atoms with Gasteiger partial charge in [-0.2, -0.15) is 0 Å². The van der Waals surface area contributed by atoms with Crippen LogP contribution >= 0.6 is 11.3 Å². The Hall–Kier alpha value is -4.63. The largest absolute Gasteiger partial charge is 0.322 e. The molecule has 0 radical (unpaired) electrons. The first kappa shape index (κ1) is 26.6. The van der Waals surface area contributed by atoms with Crippen LogP contribution in [0.15, 0.2) is 99.9 Å². The fourth-order valence-corrected chi connectivity index (χ4v) is 6.52. The van der Waals surface area contributed by atoms with E-state index in [4.69, 9.17) is 0 Å². The van der Waals surface area contributed by atoms with Gasteiger partial charge in [-0.15, -0.1) is 0 Å². The SMILES string of the molecule is CCCCN1C(=O)/C(=c2/sc3n(c2=O)[C@H](c2ccc(F)cc2)C(C(=O)Nc2ccccc2)=C(C)N=3)c2ccccc21. The van der Waals surface area contributed by atoms with Gasteiger partial charge in [0.05, 0.1) is 28.6 Å². The maximum Gasteiger partial charge on any atom is 0.271 e. The average molecular weight is 567 g/mol. The van der Waals surface area contributed by atoms with Gasteiger partial charge in [-0.1, -0.05) is 73.2 Å². The average Bonchev–Trinajstić information content (AvgIpc) is 3.44. The molecule has 2 amide bonds. The molecule has 6 rings (SSSR count). The summed E-state index contributed by atoms with van der Waals surface area (Å²) in [7, 11) is 0. The summed E-state index contributed by atoms with van der Waals surface area (Å²) in [5.41, 5.74) is 3.26. The molecule has 41 heavy (non-hydrogen) atoms. The molecule has 2 aliphatic heterocycles. The third-order valence-corrected chi connectivity index (χ3v) is 8.40. The van der Waals surface area contributed by atoms with Gasteiger partial charge in [-0.25, -0.2) is 9.38 Å². The summed E-state index contributed by atoms with van der Waals surface area (Å²) < 4.78 is 15.7. The zero-order valence-corrected chi connectivity index (χ0v) is 23.4. The van der Waals surface area contributed by atoms with E-state index < -0.39 is 23.3 Å². The lowest BCUT2D eigenvalue weighted by molar-refractivity contribution is -0.114. The number of para-hydroxylation sites is 2. The Morgan fingerprint density at radius 1 is 1.00 bits per heavy atom. The zero-order chi connectivity index (χ0) is 28.7. The summed E-state index contributed by atoms with van der Waals surface area (Å²) in [6.45, 7) is 4.34. The molecule has 206 valence electrons. The number of unbranched alkanes of at least 4 members (excludes halogenated alkanes) is 1. The number of carbonyl (C=O) groups is 2.